The Morgan fingerprint density at radius 3 is 2.44 bits per heavy atom. The van der Waals surface area contributed by atoms with E-state index in [4.69, 9.17) is 4.74 Å². The zero-order chi connectivity index (χ0) is 22.5. The molecule has 0 spiro atoms. The molecule has 1 aromatic carbocycles. The Morgan fingerprint density at radius 2 is 1.75 bits per heavy atom. The summed E-state index contributed by atoms with van der Waals surface area (Å²) in [4.78, 5) is 39.6. The minimum absolute atomic E-state index is 0.0706. The van der Waals surface area contributed by atoms with Crippen molar-refractivity contribution < 1.29 is 14.3 Å². The molecule has 2 aliphatic rings. The molecule has 1 atom stereocenters. The number of hydrogen-bond donors (Lipinski definition) is 1. The Morgan fingerprint density at radius 1 is 1.03 bits per heavy atom. The van der Waals surface area contributed by atoms with Crippen molar-refractivity contribution in [1.29, 1.82) is 0 Å². The van der Waals surface area contributed by atoms with Gasteiger partial charge in [0.1, 0.15) is 11.6 Å². The van der Waals surface area contributed by atoms with Crippen LogP contribution in [0.25, 0.3) is 0 Å². The number of nitrogens with one attached hydrogen (secondary N) is 1. The molecule has 9 nitrogen and oxygen atoms in total. The SMILES string of the molecule is COc1ccc(Nc2ccnc(N3CCCC(C(=O)N4CCN(C(C)=O)CC4)C3)n2)cc1. The maximum Gasteiger partial charge on any atom is 0.227 e. The highest BCUT2D eigenvalue weighted by Crippen LogP contribution is 2.24. The lowest BCUT2D eigenvalue weighted by molar-refractivity contribution is -0.141. The van der Waals surface area contributed by atoms with E-state index in [0.29, 0.717) is 44.5 Å². The third-order valence-corrected chi connectivity index (χ3v) is 6.10. The Balaban J connectivity index is 1.38. The van der Waals surface area contributed by atoms with Gasteiger partial charge in [0.15, 0.2) is 0 Å². The van der Waals surface area contributed by atoms with Crippen molar-refractivity contribution in [3.05, 3.63) is 36.5 Å². The lowest BCUT2D eigenvalue weighted by atomic mass is 9.96. The number of amides is 2. The van der Waals surface area contributed by atoms with Crippen LogP contribution in [-0.2, 0) is 9.59 Å². The Bertz CT molecular complexity index is 943. The highest BCUT2D eigenvalue weighted by atomic mass is 16.5. The summed E-state index contributed by atoms with van der Waals surface area (Å²) in [6.07, 6.45) is 3.52. The fourth-order valence-electron chi connectivity index (χ4n) is 4.25. The predicted octanol–water partition coefficient (Wildman–Crippen LogP) is 2.14. The van der Waals surface area contributed by atoms with Gasteiger partial charge >= 0.3 is 0 Å². The van der Waals surface area contributed by atoms with Crippen molar-refractivity contribution in [2.45, 2.75) is 19.8 Å². The van der Waals surface area contributed by atoms with Crippen LogP contribution >= 0.6 is 0 Å². The van der Waals surface area contributed by atoms with Crippen molar-refractivity contribution >= 4 is 29.3 Å². The normalized spacial score (nSPS) is 18.9. The molecule has 1 N–H and O–H groups in total. The summed E-state index contributed by atoms with van der Waals surface area (Å²) in [5.74, 6) is 2.29. The Hall–Kier alpha value is -3.36. The number of aromatic nitrogens is 2. The van der Waals surface area contributed by atoms with Gasteiger partial charge in [-0.1, -0.05) is 0 Å². The predicted molar refractivity (Wildman–Crippen MR) is 122 cm³/mol. The van der Waals surface area contributed by atoms with E-state index in [1.54, 1.807) is 25.1 Å². The first-order valence-electron chi connectivity index (χ1n) is 11.1. The monoisotopic (exact) mass is 438 g/mol. The molecule has 9 heteroatoms. The van der Waals surface area contributed by atoms with E-state index in [1.165, 1.54) is 0 Å². The number of ether oxygens (including phenoxy) is 1. The molecule has 2 fully saturated rings. The summed E-state index contributed by atoms with van der Waals surface area (Å²) in [5, 5.41) is 3.29. The van der Waals surface area contributed by atoms with Crippen LogP contribution in [0.5, 0.6) is 5.75 Å². The van der Waals surface area contributed by atoms with Crippen LogP contribution < -0.4 is 15.0 Å². The second-order valence-electron chi connectivity index (χ2n) is 8.21. The van der Waals surface area contributed by atoms with Crippen molar-refractivity contribution in [2.24, 2.45) is 5.92 Å². The molecular weight excluding hydrogens is 408 g/mol. The smallest absolute Gasteiger partial charge is 0.227 e. The van der Waals surface area contributed by atoms with E-state index in [-0.39, 0.29) is 17.7 Å². The van der Waals surface area contributed by atoms with Crippen LogP contribution in [0, 0.1) is 5.92 Å². The number of anilines is 3. The van der Waals surface area contributed by atoms with Gasteiger partial charge in [0, 0.05) is 58.1 Å². The molecule has 0 saturated carbocycles. The topological polar surface area (TPSA) is 90.9 Å². The molecule has 3 heterocycles. The average molecular weight is 439 g/mol. The van der Waals surface area contributed by atoms with Crippen molar-refractivity contribution in [3.8, 4) is 5.75 Å². The minimum Gasteiger partial charge on any atom is -0.497 e. The van der Waals surface area contributed by atoms with Crippen LogP contribution in [0.2, 0.25) is 0 Å². The summed E-state index contributed by atoms with van der Waals surface area (Å²) >= 11 is 0. The molecule has 32 heavy (non-hydrogen) atoms. The maximum atomic E-state index is 13.1. The number of nitrogens with zero attached hydrogens (tertiary/aromatic N) is 5. The van der Waals surface area contributed by atoms with Crippen LogP contribution in [0.3, 0.4) is 0 Å². The number of benzene rings is 1. The molecule has 170 valence electrons. The first kappa shape index (κ1) is 21.9. The first-order valence-corrected chi connectivity index (χ1v) is 11.1. The summed E-state index contributed by atoms with van der Waals surface area (Å²) in [5.41, 5.74) is 0.909. The van der Waals surface area contributed by atoms with E-state index in [2.05, 4.69) is 20.2 Å². The zero-order valence-corrected chi connectivity index (χ0v) is 18.7. The third-order valence-electron chi connectivity index (χ3n) is 6.10. The third kappa shape index (κ3) is 5.09. The fraction of sp³-hybridized carbons (Fsp3) is 0.478. The van der Waals surface area contributed by atoms with E-state index in [0.717, 1.165) is 30.8 Å². The Labute approximate surface area is 188 Å². The first-order chi connectivity index (χ1) is 15.5. The molecule has 1 aromatic heterocycles. The van der Waals surface area contributed by atoms with E-state index in [9.17, 15) is 9.59 Å². The molecule has 2 aliphatic heterocycles. The molecular formula is C23H30N6O3. The molecule has 0 radical (unpaired) electrons. The van der Waals surface area contributed by atoms with Gasteiger partial charge in [0.05, 0.1) is 13.0 Å². The summed E-state index contributed by atoms with van der Waals surface area (Å²) < 4.78 is 5.20. The quantitative estimate of drug-likeness (QED) is 0.765. The highest BCUT2D eigenvalue weighted by molar-refractivity contribution is 5.80. The second kappa shape index (κ2) is 9.84. The highest BCUT2D eigenvalue weighted by Gasteiger charge is 2.32. The average Bonchev–Trinajstić information content (AvgIpc) is 2.84. The lowest BCUT2D eigenvalue weighted by Gasteiger charge is -2.38. The van der Waals surface area contributed by atoms with Gasteiger partial charge in [-0.05, 0) is 43.2 Å². The number of methoxy groups -OCH3 is 1. The summed E-state index contributed by atoms with van der Waals surface area (Å²) in [6, 6.07) is 9.47. The number of carbonyl (C=O) groups excluding carboxylic acids is 2. The summed E-state index contributed by atoms with van der Waals surface area (Å²) in [6.45, 7) is 5.44. The standard InChI is InChI=1S/C23H30N6O3/c1-17(30)27-12-14-28(15-13-27)22(31)18-4-3-11-29(16-18)23-24-10-9-21(26-23)25-19-5-7-20(32-2)8-6-19/h5-10,18H,3-4,11-16H2,1-2H3,(H,24,25,26). The van der Waals surface area contributed by atoms with Gasteiger partial charge in [-0.25, -0.2) is 4.98 Å². The van der Waals surface area contributed by atoms with Crippen molar-refractivity contribution in [2.75, 3.05) is 56.6 Å². The van der Waals surface area contributed by atoms with Crippen molar-refractivity contribution in [3.63, 3.8) is 0 Å². The Kier molecular flexibility index (Phi) is 6.72. The molecule has 2 amide bonds. The zero-order valence-electron chi connectivity index (χ0n) is 18.7. The molecule has 2 aromatic rings. The van der Waals surface area contributed by atoms with Gasteiger partial charge in [-0.2, -0.15) is 4.98 Å². The van der Waals surface area contributed by atoms with E-state index >= 15 is 0 Å². The van der Waals surface area contributed by atoms with E-state index < -0.39 is 0 Å². The number of piperazine rings is 1. The molecule has 1 unspecified atom stereocenters. The van der Waals surface area contributed by atoms with Crippen LogP contribution in [-0.4, -0.2) is 78.0 Å². The molecule has 4 rings (SSSR count). The molecule has 0 aliphatic carbocycles. The van der Waals surface area contributed by atoms with Crippen LogP contribution in [0.15, 0.2) is 36.5 Å². The largest absolute Gasteiger partial charge is 0.497 e. The number of rotatable bonds is 5. The fourth-order valence-corrected chi connectivity index (χ4v) is 4.25. The van der Waals surface area contributed by atoms with Crippen molar-refractivity contribution in [1.82, 2.24) is 19.8 Å². The second-order valence-corrected chi connectivity index (χ2v) is 8.21. The van der Waals surface area contributed by atoms with Crippen LogP contribution in [0.1, 0.15) is 19.8 Å². The molecule has 0 bridgehead atoms. The molecule has 2 saturated heterocycles. The van der Waals surface area contributed by atoms with E-state index in [1.807, 2.05) is 35.2 Å². The van der Waals surface area contributed by atoms with Gasteiger partial charge in [0.25, 0.3) is 0 Å². The lowest BCUT2D eigenvalue weighted by Crippen LogP contribution is -2.53. The maximum absolute atomic E-state index is 13.1. The van der Waals surface area contributed by atoms with Gasteiger partial charge < -0.3 is 24.8 Å². The number of piperidine rings is 1. The van der Waals surface area contributed by atoms with Crippen LogP contribution in [0.4, 0.5) is 17.5 Å². The minimum atomic E-state index is -0.0746. The number of hydrogen-bond acceptors (Lipinski definition) is 7. The van der Waals surface area contributed by atoms with Gasteiger partial charge in [-0.3, -0.25) is 9.59 Å². The van der Waals surface area contributed by atoms with Gasteiger partial charge in [-0.15, -0.1) is 0 Å². The summed E-state index contributed by atoms with van der Waals surface area (Å²) in [7, 11) is 1.64. The number of carbonyl (C=O) groups is 2. The van der Waals surface area contributed by atoms with Gasteiger partial charge in [0.2, 0.25) is 17.8 Å².